The highest BCUT2D eigenvalue weighted by molar-refractivity contribution is 5.85. The number of hydrogen-bond donors (Lipinski definition) is 1. The van der Waals surface area contributed by atoms with Crippen molar-refractivity contribution in [3.63, 3.8) is 0 Å². The first kappa shape index (κ1) is 16.5. The summed E-state index contributed by atoms with van der Waals surface area (Å²) in [6, 6.07) is 2.10. The monoisotopic (exact) mass is 259 g/mol. The van der Waals surface area contributed by atoms with Gasteiger partial charge in [0.15, 0.2) is 0 Å². The quantitative estimate of drug-likeness (QED) is 0.763. The maximum Gasteiger partial charge on any atom is 0.0762 e. The van der Waals surface area contributed by atoms with Crippen LogP contribution in [-0.4, -0.2) is 16.3 Å². The molecule has 0 bridgehead atoms. The smallest absolute Gasteiger partial charge is 0.0762 e. The van der Waals surface area contributed by atoms with E-state index in [1.54, 1.807) is 0 Å². The molecular formula is C13H26ClN3. The first-order valence-corrected chi connectivity index (χ1v) is 6.31. The van der Waals surface area contributed by atoms with Gasteiger partial charge in [0.1, 0.15) is 0 Å². The first-order valence-electron chi connectivity index (χ1n) is 6.31. The van der Waals surface area contributed by atoms with Crippen molar-refractivity contribution in [2.24, 2.45) is 11.8 Å². The largest absolute Gasteiger partial charge is 0.311 e. The highest BCUT2D eigenvalue weighted by atomic mass is 35.5. The molecule has 0 saturated heterocycles. The van der Waals surface area contributed by atoms with Crippen molar-refractivity contribution in [3.05, 3.63) is 18.0 Å². The van der Waals surface area contributed by atoms with Crippen LogP contribution in [0.4, 0.5) is 0 Å². The maximum atomic E-state index is 4.52. The summed E-state index contributed by atoms with van der Waals surface area (Å²) in [6.45, 7) is 11.9. The fourth-order valence-electron chi connectivity index (χ4n) is 1.58. The van der Waals surface area contributed by atoms with E-state index in [0.29, 0.717) is 5.92 Å². The Labute approximate surface area is 111 Å². The van der Waals surface area contributed by atoms with Gasteiger partial charge in [0, 0.05) is 19.3 Å². The van der Waals surface area contributed by atoms with E-state index in [2.05, 4.69) is 50.4 Å². The van der Waals surface area contributed by atoms with Crippen LogP contribution >= 0.6 is 12.4 Å². The first-order chi connectivity index (χ1) is 7.58. The molecule has 3 nitrogen and oxygen atoms in total. The van der Waals surface area contributed by atoms with Gasteiger partial charge in [-0.2, -0.15) is 5.10 Å². The SMILES string of the molecule is CC(C)CCNCc1ccn(CC(C)C)n1.Cl. The number of hydrogen-bond acceptors (Lipinski definition) is 2. The average Bonchev–Trinajstić information content (AvgIpc) is 2.59. The highest BCUT2D eigenvalue weighted by Crippen LogP contribution is 2.01. The molecule has 0 aromatic carbocycles. The van der Waals surface area contributed by atoms with Gasteiger partial charge in [-0.05, 0) is 30.9 Å². The van der Waals surface area contributed by atoms with Gasteiger partial charge in [0.05, 0.1) is 5.69 Å². The van der Waals surface area contributed by atoms with Crippen LogP contribution in [-0.2, 0) is 13.1 Å². The van der Waals surface area contributed by atoms with Gasteiger partial charge in [-0.3, -0.25) is 4.68 Å². The molecule has 0 amide bonds. The molecule has 0 aliphatic heterocycles. The summed E-state index contributed by atoms with van der Waals surface area (Å²) >= 11 is 0. The Morgan fingerprint density at radius 2 is 1.94 bits per heavy atom. The van der Waals surface area contributed by atoms with Crippen LogP contribution in [0.1, 0.15) is 39.8 Å². The molecule has 1 N–H and O–H groups in total. The summed E-state index contributed by atoms with van der Waals surface area (Å²) in [4.78, 5) is 0. The molecule has 0 unspecified atom stereocenters. The van der Waals surface area contributed by atoms with Crippen molar-refractivity contribution in [2.75, 3.05) is 6.54 Å². The molecule has 1 aromatic rings. The van der Waals surface area contributed by atoms with Crippen molar-refractivity contribution in [3.8, 4) is 0 Å². The third-order valence-corrected chi connectivity index (χ3v) is 2.45. The predicted molar refractivity (Wildman–Crippen MR) is 75.5 cm³/mol. The molecular weight excluding hydrogens is 234 g/mol. The summed E-state index contributed by atoms with van der Waals surface area (Å²) in [5.74, 6) is 1.42. The van der Waals surface area contributed by atoms with Gasteiger partial charge in [0.2, 0.25) is 0 Å². The zero-order chi connectivity index (χ0) is 12.0. The topological polar surface area (TPSA) is 29.9 Å². The maximum absolute atomic E-state index is 4.52. The van der Waals surface area contributed by atoms with Gasteiger partial charge < -0.3 is 5.32 Å². The Hall–Kier alpha value is -0.540. The van der Waals surface area contributed by atoms with E-state index >= 15 is 0 Å². The van der Waals surface area contributed by atoms with Crippen LogP contribution in [0.5, 0.6) is 0 Å². The van der Waals surface area contributed by atoms with E-state index in [0.717, 1.165) is 31.2 Å². The molecule has 1 rings (SSSR count). The Morgan fingerprint density at radius 3 is 2.53 bits per heavy atom. The van der Waals surface area contributed by atoms with Crippen molar-refractivity contribution >= 4 is 12.4 Å². The van der Waals surface area contributed by atoms with Gasteiger partial charge >= 0.3 is 0 Å². The van der Waals surface area contributed by atoms with Crippen molar-refractivity contribution in [1.29, 1.82) is 0 Å². The van der Waals surface area contributed by atoms with Crippen LogP contribution in [0.25, 0.3) is 0 Å². The van der Waals surface area contributed by atoms with Crippen LogP contribution in [0.3, 0.4) is 0 Å². The zero-order valence-electron chi connectivity index (χ0n) is 11.4. The molecule has 1 heterocycles. The predicted octanol–water partition coefficient (Wildman–Crippen LogP) is 3.10. The Morgan fingerprint density at radius 1 is 1.24 bits per heavy atom. The van der Waals surface area contributed by atoms with Crippen molar-refractivity contribution < 1.29 is 0 Å². The molecule has 0 radical (unpaired) electrons. The van der Waals surface area contributed by atoms with E-state index in [4.69, 9.17) is 0 Å². The third kappa shape index (κ3) is 7.40. The van der Waals surface area contributed by atoms with E-state index in [-0.39, 0.29) is 12.4 Å². The number of aromatic nitrogens is 2. The molecule has 0 aliphatic carbocycles. The van der Waals surface area contributed by atoms with Crippen molar-refractivity contribution in [2.45, 2.75) is 47.2 Å². The second-order valence-electron chi connectivity index (χ2n) is 5.28. The fourth-order valence-corrected chi connectivity index (χ4v) is 1.58. The molecule has 100 valence electrons. The minimum atomic E-state index is 0. The molecule has 4 heteroatoms. The summed E-state index contributed by atoms with van der Waals surface area (Å²) in [5, 5.41) is 7.95. The van der Waals surface area contributed by atoms with Crippen LogP contribution in [0.15, 0.2) is 12.3 Å². The summed E-state index contributed by atoms with van der Waals surface area (Å²) < 4.78 is 2.03. The van der Waals surface area contributed by atoms with Gasteiger partial charge in [0.25, 0.3) is 0 Å². The molecule has 0 spiro atoms. The fraction of sp³-hybridized carbons (Fsp3) is 0.769. The van der Waals surface area contributed by atoms with Gasteiger partial charge in [-0.25, -0.2) is 0 Å². The lowest BCUT2D eigenvalue weighted by Crippen LogP contribution is -2.17. The van der Waals surface area contributed by atoms with E-state index in [1.807, 2.05) is 4.68 Å². The van der Waals surface area contributed by atoms with E-state index < -0.39 is 0 Å². The normalized spacial score (nSPS) is 10.9. The number of nitrogens with zero attached hydrogens (tertiary/aromatic N) is 2. The molecule has 17 heavy (non-hydrogen) atoms. The zero-order valence-corrected chi connectivity index (χ0v) is 12.3. The molecule has 0 atom stereocenters. The highest BCUT2D eigenvalue weighted by Gasteiger charge is 2.01. The van der Waals surface area contributed by atoms with Gasteiger partial charge in [-0.1, -0.05) is 27.7 Å². The molecule has 0 aliphatic rings. The Bertz CT molecular complexity index is 295. The number of halogens is 1. The number of nitrogens with one attached hydrogen (secondary N) is 1. The summed E-state index contributed by atoms with van der Waals surface area (Å²) in [6.07, 6.45) is 3.30. The van der Waals surface area contributed by atoms with Crippen molar-refractivity contribution in [1.82, 2.24) is 15.1 Å². The lowest BCUT2D eigenvalue weighted by molar-refractivity contribution is 0.475. The standard InChI is InChI=1S/C13H25N3.ClH/c1-11(2)5-7-14-9-13-6-8-16(15-13)10-12(3)4;/h6,8,11-12,14H,5,7,9-10H2,1-4H3;1H. The minimum Gasteiger partial charge on any atom is -0.311 e. The third-order valence-electron chi connectivity index (χ3n) is 2.45. The summed E-state index contributed by atoms with van der Waals surface area (Å²) in [5.41, 5.74) is 1.14. The van der Waals surface area contributed by atoms with Crippen LogP contribution < -0.4 is 5.32 Å². The molecule has 0 saturated carbocycles. The lowest BCUT2D eigenvalue weighted by atomic mass is 10.1. The van der Waals surface area contributed by atoms with E-state index in [9.17, 15) is 0 Å². The van der Waals surface area contributed by atoms with Crippen LogP contribution in [0.2, 0.25) is 0 Å². The van der Waals surface area contributed by atoms with E-state index in [1.165, 1.54) is 6.42 Å². The lowest BCUT2D eigenvalue weighted by Gasteiger charge is -2.06. The second-order valence-corrected chi connectivity index (χ2v) is 5.28. The second kappa shape index (κ2) is 8.54. The molecule has 0 fully saturated rings. The van der Waals surface area contributed by atoms with Gasteiger partial charge in [-0.15, -0.1) is 12.4 Å². The van der Waals surface area contributed by atoms with Crippen LogP contribution in [0, 0.1) is 11.8 Å². The summed E-state index contributed by atoms with van der Waals surface area (Å²) in [7, 11) is 0. The average molecular weight is 260 g/mol. The number of rotatable bonds is 7. The molecule has 1 aromatic heterocycles. The Balaban J connectivity index is 0.00000256. The minimum absolute atomic E-state index is 0. The Kier molecular flexibility index (Phi) is 8.26.